The summed E-state index contributed by atoms with van der Waals surface area (Å²) >= 11 is 0. The fraction of sp³-hybridized carbons (Fsp3) is 0.316. The van der Waals surface area contributed by atoms with Crippen LogP contribution in [0, 0.1) is 0 Å². The first-order valence-corrected chi connectivity index (χ1v) is 8.22. The third-order valence-electron chi connectivity index (χ3n) is 3.95. The Balaban J connectivity index is 1.55. The van der Waals surface area contributed by atoms with Gasteiger partial charge in [0, 0.05) is 18.3 Å². The van der Waals surface area contributed by atoms with Crippen LogP contribution < -0.4 is 24.8 Å². The molecule has 0 aromatic heterocycles. The second-order valence-corrected chi connectivity index (χ2v) is 5.80. The fourth-order valence-electron chi connectivity index (χ4n) is 2.52. The molecule has 0 saturated carbocycles. The second-order valence-electron chi connectivity index (χ2n) is 5.80. The van der Waals surface area contributed by atoms with Crippen molar-refractivity contribution in [2.45, 2.75) is 19.5 Å². The third kappa shape index (κ3) is 4.42. The lowest BCUT2D eigenvalue weighted by molar-refractivity contribution is -0.117. The maximum absolute atomic E-state index is 12.4. The van der Waals surface area contributed by atoms with Crippen LogP contribution in [0.4, 0.5) is 5.69 Å². The van der Waals surface area contributed by atoms with Gasteiger partial charge in [-0.15, -0.1) is 0 Å². The normalized spacial score (nSPS) is 13.8. The molecular formula is C19H22N2O4. The fourth-order valence-corrected chi connectivity index (χ4v) is 2.52. The van der Waals surface area contributed by atoms with Crippen molar-refractivity contribution in [1.82, 2.24) is 5.32 Å². The SMILES string of the molecule is COc1cccc(CN[C@H](C)C(=O)Nc2ccc3c(c2)OCCO3)c1. The first kappa shape index (κ1) is 17.1. The zero-order chi connectivity index (χ0) is 17.6. The molecule has 132 valence electrons. The Labute approximate surface area is 147 Å². The molecule has 0 aliphatic carbocycles. The molecule has 3 rings (SSSR count). The van der Waals surface area contributed by atoms with E-state index >= 15 is 0 Å². The maximum atomic E-state index is 12.4. The molecule has 0 bridgehead atoms. The highest BCUT2D eigenvalue weighted by atomic mass is 16.6. The van der Waals surface area contributed by atoms with Crippen LogP contribution >= 0.6 is 0 Å². The van der Waals surface area contributed by atoms with Crippen LogP contribution in [0.3, 0.4) is 0 Å². The van der Waals surface area contributed by atoms with Crippen LogP contribution in [-0.4, -0.2) is 32.3 Å². The van der Waals surface area contributed by atoms with E-state index in [0.717, 1.165) is 11.3 Å². The minimum Gasteiger partial charge on any atom is -0.497 e. The second kappa shape index (κ2) is 7.90. The molecule has 2 N–H and O–H groups in total. The van der Waals surface area contributed by atoms with E-state index in [1.807, 2.05) is 31.2 Å². The molecule has 0 saturated heterocycles. The van der Waals surface area contributed by atoms with Gasteiger partial charge in [0.2, 0.25) is 5.91 Å². The van der Waals surface area contributed by atoms with Crippen LogP contribution in [-0.2, 0) is 11.3 Å². The molecule has 6 nitrogen and oxygen atoms in total. The Bertz CT molecular complexity index is 748. The van der Waals surface area contributed by atoms with E-state index in [-0.39, 0.29) is 11.9 Å². The molecule has 1 amide bonds. The van der Waals surface area contributed by atoms with Gasteiger partial charge in [0.05, 0.1) is 13.2 Å². The van der Waals surface area contributed by atoms with Gasteiger partial charge in [-0.1, -0.05) is 12.1 Å². The summed E-state index contributed by atoms with van der Waals surface area (Å²) in [6.07, 6.45) is 0. The summed E-state index contributed by atoms with van der Waals surface area (Å²) in [6.45, 7) is 3.47. The quantitative estimate of drug-likeness (QED) is 0.844. The number of hydrogen-bond donors (Lipinski definition) is 2. The average Bonchev–Trinajstić information content (AvgIpc) is 2.66. The van der Waals surface area contributed by atoms with Crippen molar-refractivity contribution >= 4 is 11.6 Å². The van der Waals surface area contributed by atoms with E-state index in [4.69, 9.17) is 14.2 Å². The minimum atomic E-state index is -0.348. The third-order valence-corrected chi connectivity index (χ3v) is 3.95. The van der Waals surface area contributed by atoms with Crippen molar-refractivity contribution in [3.8, 4) is 17.2 Å². The monoisotopic (exact) mass is 342 g/mol. The molecule has 25 heavy (non-hydrogen) atoms. The van der Waals surface area contributed by atoms with Crippen molar-refractivity contribution in [3.05, 3.63) is 48.0 Å². The van der Waals surface area contributed by atoms with Gasteiger partial charge in [-0.3, -0.25) is 4.79 Å². The summed E-state index contributed by atoms with van der Waals surface area (Å²) in [6, 6.07) is 12.8. The molecule has 1 aliphatic rings. The number of fused-ring (bicyclic) bond motifs is 1. The standard InChI is InChI=1S/C19H22N2O4/c1-13(20-12-14-4-3-5-16(10-14)23-2)19(22)21-15-6-7-17-18(11-15)25-9-8-24-17/h3-7,10-11,13,20H,8-9,12H2,1-2H3,(H,21,22)/t13-/m1/s1. The topological polar surface area (TPSA) is 68.8 Å². The lowest BCUT2D eigenvalue weighted by Crippen LogP contribution is -2.37. The van der Waals surface area contributed by atoms with Gasteiger partial charge in [-0.25, -0.2) is 0 Å². The Morgan fingerprint density at radius 1 is 1.16 bits per heavy atom. The number of nitrogens with one attached hydrogen (secondary N) is 2. The first-order chi connectivity index (χ1) is 12.2. The van der Waals surface area contributed by atoms with E-state index in [2.05, 4.69) is 10.6 Å². The molecule has 0 radical (unpaired) electrons. The number of methoxy groups -OCH3 is 1. The largest absolute Gasteiger partial charge is 0.497 e. The van der Waals surface area contributed by atoms with E-state index in [9.17, 15) is 4.79 Å². The zero-order valence-corrected chi connectivity index (χ0v) is 14.4. The number of rotatable bonds is 6. The number of anilines is 1. The van der Waals surface area contributed by atoms with Crippen LogP contribution in [0.1, 0.15) is 12.5 Å². The molecule has 6 heteroatoms. The van der Waals surface area contributed by atoms with Crippen LogP contribution in [0.25, 0.3) is 0 Å². The minimum absolute atomic E-state index is 0.112. The van der Waals surface area contributed by atoms with Crippen molar-refractivity contribution < 1.29 is 19.0 Å². The van der Waals surface area contributed by atoms with Gasteiger partial charge < -0.3 is 24.8 Å². The van der Waals surface area contributed by atoms with Gasteiger partial charge in [-0.2, -0.15) is 0 Å². The van der Waals surface area contributed by atoms with Crippen LogP contribution in [0.2, 0.25) is 0 Å². The van der Waals surface area contributed by atoms with Gasteiger partial charge >= 0.3 is 0 Å². The summed E-state index contributed by atoms with van der Waals surface area (Å²) in [7, 11) is 1.63. The average molecular weight is 342 g/mol. The van der Waals surface area contributed by atoms with Crippen molar-refractivity contribution in [3.63, 3.8) is 0 Å². The molecule has 0 fully saturated rings. The Morgan fingerprint density at radius 3 is 2.76 bits per heavy atom. The molecule has 2 aromatic rings. The van der Waals surface area contributed by atoms with Gasteiger partial charge in [0.1, 0.15) is 19.0 Å². The highest BCUT2D eigenvalue weighted by Gasteiger charge is 2.15. The smallest absolute Gasteiger partial charge is 0.241 e. The van der Waals surface area contributed by atoms with Crippen LogP contribution in [0.5, 0.6) is 17.2 Å². The summed E-state index contributed by atoms with van der Waals surface area (Å²) in [5, 5.41) is 6.10. The molecule has 0 spiro atoms. The molecule has 1 aliphatic heterocycles. The molecular weight excluding hydrogens is 320 g/mol. The summed E-state index contributed by atoms with van der Waals surface area (Å²) in [5.41, 5.74) is 1.74. The summed E-state index contributed by atoms with van der Waals surface area (Å²) in [5.74, 6) is 2.04. The molecule has 0 unspecified atom stereocenters. The zero-order valence-electron chi connectivity index (χ0n) is 14.4. The predicted octanol–water partition coefficient (Wildman–Crippen LogP) is 2.58. The van der Waals surface area contributed by atoms with E-state index < -0.39 is 0 Å². The lowest BCUT2D eigenvalue weighted by atomic mass is 10.2. The highest BCUT2D eigenvalue weighted by Crippen LogP contribution is 2.32. The number of benzene rings is 2. The number of hydrogen-bond acceptors (Lipinski definition) is 5. The first-order valence-electron chi connectivity index (χ1n) is 8.22. The van der Waals surface area contributed by atoms with Crippen molar-refractivity contribution in [2.75, 3.05) is 25.6 Å². The van der Waals surface area contributed by atoms with Gasteiger partial charge in [-0.05, 0) is 36.8 Å². The van der Waals surface area contributed by atoms with E-state index in [1.54, 1.807) is 25.3 Å². The van der Waals surface area contributed by atoms with E-state index in [1.165, 1.54) is 0 Å². The molecule has 1 atom stereocenters. The number of amides is 1. The van der Waals surface area contributed by atoms with Crippen LogP contribution in [0.15, 0.2) is 42.5 Å². The number of carbonyl (C=O) groups excluding carboxylic acids is 1. The number of carbonyl (C=O) groups is 1. The summed E-state index contributed by atoms with van der Waals surface area (Å²) < 4.78 is 16.2. The Kier molecular flexibility index (Phi) is 5.40. The van der Waals surface area contributed by atoms with Crippen molar-refractivity contribution in [1.29, 1.82) is 0 Å². The molecule has 1 heterocycles. The van der Waals surface area contributed by atoms with Gasteiger partial charge in [0.25, 0.3) is 0 Å². The highest BCUT2D eigenvalue weighted by molar-refractivity contribution is 5.94. The predicted molar refractivity (Wildman–Crippen MR) is 95.4 cm³/mol. The Morgan fingerprint density at radius 2 is 1.96 bits per heavy atom. The Hall–Kier alpha value is -2.73. The van der Waals surface area contributed by atoms with E-state index in [0.29, 0.717) is 36.9 Å². The maximum Gasteiger partial charge on any atom is 0.241 e. The lowest BCUT2D eigenvalue weighted by Gasteiger charge is -2.19. The van der Waals surface area contributed by atoms with Gasteiger partial charge in [0.15, 0.2) is 11.5 Å². The van der Waals surface area contributed by atoms with Crippen molar-refractivity contribution in [2.24, 2.45) is 0 Å². The number of ether oxygens (including phenoxy) is 3. The molecule has 2 aromatic carbocycles. The summed E-state index contributed by atoms with van der Waals surface area (Å²) in [4.78, 5) is 12.4.